The molecule has 0 heterocycles. The predicted molar refractivity (Wildman–Crippen MR) is 62.9 cm³/mol. The molecule has 5 heteroatoms. The number of para-hydroxylation sites is 1. The van der Waals surface area contributed by atoms with E-state index in [0.29, 0.717) is 12.2 Å². The summed E-state index contributed by atoms with van der Waals surface area (Å²) in [6.07, 6.45) is 0.643. The fraction of sp³-hybridized carbons (Fsp3) is 0.333. The molecule has 17 heavy (non-hydrogen) atoms. The summed E-state index contributed by atoms with van der Waals surface area (Å²) in [5, 5.41) is 0. The Morgan fingerprint density at radius 1 is 1.29 bits per heavy atom. The van der Waals surface area contributed by atoms with Crippen molar-refractivity contribution in [3.63, 3.8) is 0 Å². The second-order valence-corrected chi connectivity index (χ2v) is 3.55. The first-order chi connectivity index (χ1) is 8.13. The molecule has 1 rings (SSSR count). The van der Waals surface area contributed by atoms with Gasteiger partial charge in [-0.05, 0) is 18.1 Å². The fourth-order valence-corrected chi connectivity index (χ4v) is 1.46. The van der Waals surface area contributed by atoms with E-state index in [1.807, 2.05) is 6.07 Å². The van der Waals surface area contributed by atoms with Crippen molar-refractivity contribution in [2.75, 3.05) is 6.07 Å². The molecule has 0 aliphatic rings. The van der Waals surface area contributed by atoms with Gasteiger partial charge in [0.05, 0.1) is 0 Å². The number of hydrogen-bond acceptors (Lipinski definition) is 4. The lowest BCUT2D eigenvalue weighted by Crippen LogP contribution is -2.07. The van der Waals surface area contributed by atoms with Crippen LogP contribution in [0, 0.1) is 0 Å². The van der Waals surface area contributed by atoms with Gasteiger partial charge >= 0.3 is 11.9 Å². The molecule has 4 nitrogen and oxygen atoms in total. The molecule has 0 fully saturated rings. The van der Waals surface area contributed by atoms with Crippen molar-refractivity contribution in [2.45, 2.75) is 19.8 Å². The third kappa shape index (κ3) is 4.87. The molecule has 0 bridgehead atoms. The maximum Gasteiger partial charge on any atom is 0.308 e. The smallest absolute Gasteiger partial charge is 0.308 e. The van der Waals surface area contributed by atoms with Gasteiger partial charge in [0, 0.05) is 13.3 Å². The van der Waals surface area contributed by atoms with Crippen molar-refractivity contribution >= 4 is 23.5 Å². The predicted octanol–water partition coefficient (Wildman–Crippen LogP) is 2.28. The quantitative estimate of drug-likeness (QED) is 0.461. The van der Waals surface area contributed by atoms with E-state index in [9.17, 15) is 9.59 Å². The summed E-state index contributed by atoms with van der Waals surface area (Å²) in [6, 6.07) is 6.91. The summed E-state index contributed by atoms with van der Waals surface area (Å²) in [5.74, 6) is -0.294. The minimum Gasteiger partial charge on any atom is -0.449 e. The highest BCUT2D eigenvalue weighted by molar-refractivity contribution is 6.17. The van der Waals surface area contributed by atoms with E-state index in [0.717, 1.165) is 5.56 Å². The van der Waals surface area contributed by atoms with Crippen molar-refractivity contribution in [1.82, 2.24) is 0 Å². The monoisotopic (exact) mass is 256 g/mol. The third-order valence-corrected chi connectivity index (χ3v) is 2.15. The molecule has 1 aromatic rings. The van der Waals surface area contributed by atoms with E-state index >= 15 is 0 Å². The molecule has 0 aliphatic heterocycles. The summed E-state index contributed by atoms with van der Waals surface area (Å²) in [7, 11) is 0. The minimum absolute atomic E-state index is 0.148. The topological polar surface area (TPSA) is 52.6 Å². The van der Waals surface area contributed by atoms with Gasteiger partial charge in [0.1, 0.15) is 5.75 Å². The largest absolute Gasteiger partial charge is 0.449 e. The Hall–Kier alpha value is -1.55. The lowest BCUT2D eigenvalue weighted by molar-refractivity contribution is -0.141. The molecule has 0 saturated carbocycles. The molecule has 0 amide bonds. The van der Waals surface area contributed by atoms with Crippen LogP contribution in [0.25, 0.3) is 0 Å². The van der Waals surface area contributed by atoms with Crippen molar-refractivity contribution < 1.29 is 19.1 Å². The lowest BCUT2D eigenvalue weighted by Gasteiger charge is -2.08. The molecule has 0 aliphatic carbocycles. The average molecular weight is 257 g/mol. The molecular weight excluding hydrogens is 244 g/mol. The molecule has 0 unspecified atom stereocenters. The Kier molecular flexibility index (Phi) is 5.49. The highest BCUT2D eigenvalue weighted by Gasteiger charge is 2.08. The van der Waals surface area contributed by atoms with E-state index in [2.05, 4.69) is 4.74 Å². The highest BCUT2D eigenvalue weighted by atomic mass is 35.5. The van der Waals surface area contributed by atoms with E-state index < -0.39 is 0 Å². The maximum absolute atomic E-state index is 11.1. The summed E-state index contributed by atoms with van der Waals surface area (Å²) < 4.78 is 9.62. The number of benzene rings is 1. The molecule has 0 saturated heterocycles. The summed E-state index contributed by atoms with van der Waals surface area (Å²) in [5.41, 5.74) is 0.786. The van der Waals surface area contributed by atoms with Crippen molar-refractivity contribution in [3.05, 3.63) is 29.8 Å². The van der Waals surface area contributed by atoms with Gasteiger partial charge in [-0.15, -0.1) is 0 Å². The number of halogens is 1. The maximum atomic E-state index is 11.1. The number of ether oxygens (including phenoxy) is 2. The molecule has 0 spiro atoms. The van der Waals surface area contributed by atoms with E-state index in [1.165, 1.54) is 6.92 Å². The van der Waals surface area contributed by atoms with Crippen molar-refractivity contribution in [1.29, 1.82) is 0 Å². The van der Waals surface area contributed by atoms with Gasteiger partial charge in [-0.1, -0.05) is 29.8 Å². The van der Waals surface area contributed by atoms with Crippen LogP contribution in [0.3, 0.4) is 0 Å². The fourth-order valence-electron chi connectivity index (χ4n) is 1.33. The van der Waals surface area contributed by atoms with Gasteiger partial charge in [0.2, 0.25) is 0 Å². The SMILES string of the molecule is CC(=O)Oc1ccccc1CCC(=O)OCCl. The second-order valence-electron chi connectivity index (χ2n) is 3.33. The van der Waals surface area contributed by atoms with Gasteiger partial charge in [-0.3, -0.25) is 9.59 Å². The normalized spacial score (nSPS) is 9.76. The standard InChI is InChI=1S/C12H13ClO4/c1-9(14)17-11-5-3-2-4-10(11)6-7-12(15)16-8-13/h2-5H,6-8H2,1H3. The zero-order valence-corrected chi connectivity index (χ0v) is 10.2. The number of carbonyl (C=O) groups is 2. The number of aryl methyl sites for hydroxylation is 1. The summed E-state index contributed by atoms with van der Waals surface area (Å²) in [4.78, 5) is 22.0. The van der Waals surface area contributed by atoms with E-state index in [-0.39, 0.29) is 24.4 Å². The Labute approximate surface area is 104 Å². The van der Waals surface area contributed by atoms with E-state index in [4.69, 9.17) is 16.3 Å². The first kappa shape index (κ1) is 13.5. The molecule has 0 N–H and O–H groups in total. The molecular formula is C12H13ClO4. The van der Waals surface area contributed by atoms with Crippen molar-refractivity contribution in [3.8, 4) is 5.75 Å². The minimum atomic E-state index is -0.388. The van der Waals surface area contributed by atoms with Crippen LogP contribution in [0.5, 0.6) is 5.75 Å². The Bertz CT molecular complexity index is 403. The number of esters is 2. The van der Waals surface area contributed by atoms with Crippen LogP contribution in [0.1, 0.15) is 18.9 Å². The van der Waals surface area contributed by atoms with E-state index in [1.54, 1.807) is 18.2 Å². The summed E-state index contributed by atoms with van der Waals surface area (Å²) >= 11 is 5.27. The first-order valence-electron chi connectivity index (χ1n) is 5.11. The Morgan fingerprint density at radius 3 is 2.65 bits per heavy atom. The van der Waals surface area contributed by atoms with Gasteiger partial charge in [0.25, 0.3) is 0 Å². The zero-order valence-electron chi connectivity index (χ0n) is 9.44. The second kappa shape index (κ2) is 6.91. The molecule has 0 atom stereocenters. The van der Waals surface area contributed by atoms with Crippen LogP contribution in [0.15, 0.2) is 24.3 Å². The Balaban J connectivity index is 2.63. The zero-order chi connectivity index (χ0) is 12.7. The van der Waals surface area contributed by atoms with Crippen LogP contribution in [-0.2, 0) is 20.7 Å². The molecule has 0 radical (unpaired) electrons. The average Bonchev–Trinajstić information content (AvgIpc) is 2.27. The van der Waals surface area contributed by atoms with Gasteiger partial charge in [0.15, 0.2) is 6.07 Å². The number of rotatable bonds is 5. The summed E-state index contributed by atoms with van der Waals surface area (Å²) in [6.45, 7) is 1.33. The van der Waals surface area contributed by atoms with Crippen LogP contribution in [0.2, 0.25) is 0 Å². The first-order valence-corrected chi connectivity index (χ1v) is 5.65. The number of alkyl halides is 1. The van der Waals surface area contributed by atoms with Gasteiger partial charge < -0.3 is 9.47 Å². The Morgan fingerprint density at radius 2 is 2.00 bits per heavy atom. The number of carbonyl (C=O) groups excluding carboxylic acids is 2. The number of hydrogen-bond donors (Lipinski definition) is 0. The highest BCUT2D eigenvalue weighted by Crippen LogP contribution is 2.19. The van der Waals surface area contributed by atoms with Gasteiger partial charge in [-0.25, -0.2) is 0 Å². The van der Waals surface area contributed by atoms with Crippen LogP contribution >= 0.6 is 11.6 Å². The molecule has 0 aromatic heterocycles. The van der Waals surface area contributed by atoms with Crippen LogP contribution in [-0.4, -0.2) is 18.0 Å². The van der Waals surface area contributed by atoms with Crippen molar-refractivity contribution in [2.24, 2.45) is 0 Å². The van der Waals surface area contributed by atoms with Crippen LogP contribution < -0.4 is 4.74 Å². The lowest BCUT2D eigenvalue weighted by atomic mass is 10.1. The molecule has 1 aromatic carbocycles. The van der Waals surface area contributed by atoms with Gasteiger partial charge in [-0.2, -0.15) is 0 Å². The third-order valence-electron chi connectivity index (χ3n) is 2.04. The molecule has 92 valence electrons. The van der Waals surface area contributed by atoms with Crippen LogP contribution in [0.4, 0.5) is 0 Å².